The molecule has 0 saturated carbocycles. The van der Waals surface area contributed by atoms with Crippen LogP contribution in [0.5, 0.6) is 0 Å². The van der Waals surface area contributed by atoms with Crippen LogP contribution in [0.4, 0.5) is 5.69 Å². The summed E-state index contributed by atoms with van der Waals surface area (Å²) in [6.07, 6.45) is 0. The lowest BCUT2D eigenvalue weighted by atomic mass is 10.2. The number of benzene rings is 1. The normalized spacial score (nSPS) is 15.6. The summed E-state index contributed by atoms with van der Waals surface area (Å²) in [4.78, 5) is 2.24. The van der Waals surface area contributed by atoms with E-state index in [0.29, 0.717) is 0 Å². The summed E-state index contributed by atoms with van der Waals surface area (Å²) in [6, 6.07) is 8.02. The van der Waals surface area contributed by atoms with Crippen LogP contribution in [0.15, 0.2) is 22.7 Å². The van der Waals surface area contributed by atoms with E-state index in [0.717, 1.165) is 33.9 Å². The third kappa shape index (κ3) is 1.89. The van der Waals surface area contributed by atoms with Gasteiger partial charge in [0.1, 0.15) is 6.07 Å². The van der Waals surface area contributed by atoms with E-state index >= 15 is 0 Å². The average Bonchev–Trinajstić information content (AvgIpc) is 2.70. The van der Waals surface area contributed by atoms with Gasteiger partial charge in [0.15, 0.2) is 0 Å². The van der Waals surface area contributed by atoms with E-state index in [9.17, 15) is 0 Å². The van der Waals surface area contributed by atoms with Crippen molar-refractivity contribution < 1.29 is 0 Å². The van der Waals surface area contributed by atoms with E-state index in [1.54, 1.807) is 0 Å². The van der Waals surface area contributed by atoms with Gasteiger partial charge in [0, 0.05) is 16.8 Å². The number of thioether (sulfide) groups is 1. The van der Waals surface area contributed by atoms with Crippen molar-refractivity contribution in [1.29, 1.82) is 5.26 Å². The van der Waals surface area contributed by atoms with Gasteiger partial charge in [-0.3, -0.25) is 0 Å². The first-order valence-corrected chi connectivity index (χ1v) is 6.28. The summed E-state index contributed by atoms with van der Waals surface area (Å²) in [5, 5.41) is 8.97. The van der Waals surface area contributed by atoms with E-state index in [1.165, 1.54) is 0 Å². The van der Waals surface area contributed by atoms with E-state index in [-0.39, 0.29) is 0 Å². The Kier molecular flexibility index (Phi) is 2.99. The molecule has 0 atom stereocenters. The molecule has 0 N–H and O–H groups in total. The van der Waals surface area contributed by atoms with Gasteiger partial charge in [-0.2, -0.15) is 5.26 Å². The molecule has 1 aliphatic heterocycles. The molecule has 1 fully saturated rings. The Morgan fingerprint density at radius 1 is 1.50 bits per heavy atom. The van der Waals surface area contributed by atoms with Gasteiger partial charge in [-0.25, -0.2) is 0 Å². The van der Waals surface area contributed by atoms with Crippen LogP contribution in [0.3, 0.4) is 0 Å². The van der Waals surface area contributed by atoms with E-state index in [1.807, 2.05) is 30.0 Å². The summed E-state index contributed by atoms with van der Waals surface area (Å²) in [5.41, 5.74) is 1.81. The third-order valence-corrected chi connectivity index (χ3v) is 3.63. The minimum absolute atomic E-state index is 0.760. The molecule has 1 heterocycles. The molecule has 0 bridgehead atoms. The molecule has 14 heavy (non-hydrogen) atoms. The quantitative estimate of drug-likeness (QED) is 0.784. The average molecular weight is 269 g/mol. The standard InChI is InChI=1S/C10H9BrN2S/c11-9-2-1-8(6-12)10(5-9)13-3-4-14-7-13/h1-2,5H,3-4,7H2. The van der Waals surface area contributed by atoms with Crippen LogP contribution in [-0.2, 0) is 0 Å². The van der Waals surface area contributed by atoms with Crippen LogP contribution < -0.4 is 4.90 Å². The van der Waals surface area contributed by atoms with E-state index in [2.05, 4.69) is 26.9 Å². The van der Waals surface area contributed by atoms with Crippen molar-refractivity contribution >= 4 is 33.4 Å². The first kappa shape index (κ1) is 9.88. The minimum atomic E-state index is 0.760. The SMILES string of the molecule is N#Cc1ccc(Br)cc1N1CCSC1. The summed E-state index contributed by atoms with van der Waals surface area (Å²) < 4.78 is 1.03. The van der Waals surface area contributed by atoms with Gasteiger partial charge in [0.25, 0.3) is 0 Å². The van der Waals surface area contributed by atoms with Gasteiger partial charge in [0.05, 0.1) is 17.1 Å². The fraction of sp³-hybridized carbons (Fsp3) is 0.300. The monoisotopic (exact) mass is 268 g/mol. The molecule has 4 heteroatoms. The largest absolute Gasteiger partial charge is 0.360 e. The second-order valence-electron chi connectivity index (χ2n) is 3.07. The smallest absolute Gasteiger partial charge is 0.101 e. The molecule has 2 rings (SSSR count). The number of rotatable bonds is 1. The molecule has 0 aromatic heterocycles. The molecule has 1 aliphatic rings. The maximum Gasteiger partial charge on any atom is 0.101 e. The topological polar surface area (TPSA) is 27.0 Å². The van der Waals surface area contributed by atoms with E-state index in [4.69, 9.17) is 5.26 Å². The Hall–Kier alpha value is -0.660. The lowest BCUT2D eigenvalue weighted by Gasteiger charge is -2.18. The zero-order valence-electron chi connectivity index (χ0n) is 7.53. The number of nitrogens with zero attached hydrogens (tertiary/aromatic N) is 2. The van der Waals surface area contributed by atoms with Crippen molar-refractivity contribution in [3.05, 3.63) is 28.2 Å². The van der Waals surface area contributed by atoms with Gasteiger partial charge in [0.2, 0.25) is 0 Å². The van der Waals surface area contributed by atoms with Crippen molar-refractivity contribution in [1.82, 2.24) is 0 Å². The molecule has 0 aliphatic carbocycles. The Morgan fingerprint density at radius 2 is 2.36 bits per heavy atom. The highest BCUT2D eigenvalue weighted by Gasteiger charge is 2.16. The predicted octanol–water partition coefficient (Wildman–Crippen LogP) is 2.83. The lowest BCUT2D eigenvalue weighted by molar-refractivity contribution is 0.990. The highest BCUT2D eigenvalue weighted by molar-refractivity contribution is 9.10. The molecule has 1 aromatic carbocycles. The van der Waals surface area contributed by atoms with Gasteiger partial charge < -0.3 is 4.90 Å². The van der Waals surface area contributed by atoms with Gasteiger partial charge in [-0.05, 0) is 18.2 Å². The Morgan fingerprint density at radius 3 is 3.00 bits per heavy atom. The molecule has 1 aromatic rings. The van der Waals surface area contributed by atoms with Crippen LogP contribution in [0.2, 0.25) is 0 Å². The fourth-order valence-corrected chi connectivity index (χ4v) is 2.78. The molecular weight excluding hydrogens is 260 g/mol. The summed E-state index contributed by atoms with van der Waals surface area (Å²) in [7, 11) is 0. The van der Waals surface area contributed by atoms with Crippen LogP contribution in [-0.4, -0.2) is 18.2 Å². The van der Waals surface area contributed by atoms with Crippen molar-refractivity contribution in [2.75, 3.05) is 23.1 Å². The van der Waals surface area contributed by atoms with Crippen LogP contribution >= 0.6 is 27.7 Å². The van der Waals surface area contributed by atoms with Crippen LogP contribution in [0.1, 0.15) is 5.56 Å². The fourth-order valence-electron chi connectivity index (χ4n) is 1.46. The number of anilines is 1. The highest BCUT2D eigenvalue weighted by Crippen LogP contribution is 2.28. The lowest BCUT2D eigenvalue weighted by Crippen LogP contribution is -2.19. The molecule has 72 valence electrons. The molecular formula is C10H9BrN2S. The molecule has 0 amide bonds. The summed E-state index contributed by atoms with van der Waals surface area (Å²) >= 11 is 5.33. The second-order valence-corrected chi connectivity index (χ2v) is 5.06. The Balaban J connectivity index is 2.39. The van der Waals surface area contributed by atoms with Crippen molar-refractivity contribution in [3.63, 3.8) is 0 Å². The van der Waals surface area contributed by atoms with E-state index < -0.39 is 0 Å². The number of nitriles is 1. The Bertz CT molecular complexity index is 380. The van der Waals surface area contributed by atoms with Crippen molar-refractivity contribution in [2.45, 2.75) is 0 Å². The van der Waals surface area contributed by atoms with Gasteiger partial charge >= 0.3 is 0 Å². The first-order valence-electron chi connectivity index (χ1n) is 4.33. The number of hydrogen-bond donors (Lipinski definition) is 0. The third-order valence-electron chi connectivity index (χ3n) is 2.17. The van der Waals surface area contributed by atoms with Gasteiger partial charge in [-0.15, -0.1) is 11.8 Å². The Labute approximate surface area is 96.0 Å². The highest BCUT2D eigenvalue weighted by atomic mass is 79.9. The van der Waals surface area contributed by atoms with Crippen LogP contribution in [0.25, 0.3) is 0 Å². The number of hydrogen-bond acceptors (Lipinski definition) is 3. The van der Waals surface area contributed by atoms with Gasteiger partial charge in [-0.1, -0.05) is 15.9 Å². The zero-order valence-corrected chi connectivity index (χ0v) is 9.94. The minimum Gasteiger partial charge on any atom is -0.360 e. The number of halogens is 1. The molecule has 0 unspecified atom stereocenters. The first-order chi connectivity index (χ1) is 6.81. The predicted molar refractivity (Wildman–Crippen MR) is 63.5 cm³/mol. The molecule has 0 spiro atoms. The summed E-state index contributed by atoms with van der Waals surface area (Å²) in [6.45, 7) is 1.04. The maximum atomic E-state index is 8.97. The van der Waals surface area contributed by atoms with Crippen LogP contribution in [0, 0.1) is 11.3 Å². The summed E-state index contributed by atoms with van der Waals surface area (Å²) in [5.74, 6) is 2.14. The second kappa shape index (κ2) is 4.24. The van der Waals surface area contributed by atoms with Crippen molar-refractivity contribution in [2.24, 2.45) is 0 Å². The molecule has 2 nitrogen and oxygen atoms in total. The van der Waals surface area contributed by atoms with Crippen molar-refractivity contribution in [3.8, 4) is 6.07 Å². The maximum absolute atomic E-state index is 8.97. The zero-order chi connectivity index (χ0) is 9.97. The molecule has 1 saturated heterocycles. The molecule has 0 radical (unpaired) electrons.